The van der Waals surface area contributed by atoms with Crippen LogP contribution in [0.25, 0.3) is 11.2 Å². The zero-order valence-electron chi connectivity index (χ0n) is 26.9. The van der Waals surface area contributed by atoms with Gasteiger partial charge in [-0.05, 0) is 31.0 Å². The highest BCUT2D eigenvalue weighted by Crippen LogP contribution is 2.38. The number of aryl methyl sites for hydroxylation is 2. The van der Waals surface area contributed by atoms with Gasteiger partial charge in [0.1, 0.15) is 5.75 Å². The molecule has 4 rings (SSSR count). The lowest BCUT2D eigenvalue weighted by atomic mass is 9.78. The number of rotatable bonds is 12. The topological polar surface area (TPSA) is 181 Å². The van der Waals surface area contributed by atoms with Crippen molar-refractivity contribution in [1.29, 1.82) is 0 Å². The molecule has 47 heavy (non-hydrogen) atoms. The second-order valence-corrected chi connectivity index (χ2v) is 11.9. The normalized spacial score (nSPS) is 16.6. The van der Waals surface area contributed by atoms with Crippen LogP contribution in [0.15, 0.2) is 18.5 Å². The number of hydrogen-bond acceptors (Lipinski definition) is 12. The Balaban J connectivity index is 1.65. The fraction of sp³-hybridized carbons (Fsp3) is 0.469. The fourth-order valence-electron chi connectivity index (χ4n) is 5.68. The van der Waals surface area contributed by atoms with E-state index in [4.69, 9.17) is 25.4 Å². The van der Waals surface area contributed by atoms with Crippen LogP contribution in [-0.4, -0.2) is 80.0 Å². The van der Waals surface area contributed by atoms with Crippen LogP contribution in [0.5, 0.6) is 5.75 Å². The molecule has 3 atom stereocenters. The maximum absolute atomic E-state index is 14.6. The lowest BCUT2D eigenvalue weighted by Crippen LogP contribution is -2.51. The van der Waals surface area contributed by atoms with Gasteiger partial charge < -0.3 is 33.9 Å². The van der Waals surface area contributed by atoms with Gasteiger partial charge in [0.25, 0.3) is 5.91 Å². The van der Waals surface area contributed by atoms with Crippen LogP contribution in [0, 0.1) is 32.3 Å². The molecule has 14 nitrogen and oxygen atoms in total. The highest BCUT2D eigenvalue weighted by Gasteiger charge is 2.42. The van der Waals surface area contributed by atoms with Crippen molar-refractivity contribution in [3.63, 3.8) is 0 Å². The number of carbonyl (C=O) groups is 4. The molecule has 15 heteroatoms. The number of carbonyl (C=O) groups excluding carboxylic acids is 4. The minimum atomic E-state index is -1.84. The number of esters is 3. The number of cyclic esters (lactones) is 1. The van der Waals surface area contributed by atoms with Crippen LogP contribution in [0.4, 0.5) is 10.2 Å². The first-order valence-corrected chi connectivity index (χ1v) is 14.6. The molecule has 250 valence electrons. The molecule has 3 heterocycles. The minimum Gasteiger partial charge on any atom is -0.456 e. The number of aliphatic hydroxyl groups is 1. The number of aliphatic hydroxyl groups excluding tert-OH is 1. The van der Waals surface area contributed by atoms with E-state index in [9.17, 15) is 28.7 Å². The predicted octanol–water partition coefficient (Wildman–Crippen LogP) is 2.44. The Hall–Kier alpha value is -4.94. The SMILES string of the molecule is C#CC(CO)(OC)[C@H](Cn1cnc2c(NC(=O)[C@H]3CCC(=O)O3)nc(F)nc21)OC(=O)CC(C)(C)c1c(C)cc(C)cc1OC(C)=O. The van der Waals surface area contributed by atoms with E-state index in [1.807, 2.05) is 19.9 Å². The van der Waals surface area contributed by atoms with Crippen molar-refractivity contribution in [2.24, 2.45) is 0 Å². The van der Waals surface area contributed by atoms with E-state index in [1.54, 1.807) is 19.9 Å². The first-order valence-electron chi connectivity index (χ1n) is 14.6. The minimum absolute atomic E-state index is 0.0177. The zero-order chi connectivity index (χ0) is 34.7. The molecule has 0 radical (unpaired) electrons. The molecule has 2 N–H and O–H groups in total. The van der Waals surface area contributed by atoms with Gasteiger partial charge >= 0.3 is 24.0 Å². The monoisotopic (exact) mass is 653 g/mol. The summed E-state index contributed by atoms with van der Waals surface area (Å²) in [7, 11) is 1.24. The molecule has 0 aliphatic carbocycles. The Morgan fingerprint density at radius 1 is 1.28 bits per heavy atom. The fourth-order valence-corrected chi connectivity index (χ4v) is 5.68. The van der Waals surface area contributed by atoms with E-state index in [1.165, 1.54) is 24.9 Å². The molecule has 2 aromatic heterocycles. The smallest absolute Gasteiger partial charge is 0.312 e. The maximum atomic E-state index is 14.6. The molecule has 1 aliphatic rings. The summed E-state index contributed by atoms with van der Waals surface area (Å²) < 4.78 is 37.7. The van der Waals surface area contributed by atoms with Gasteiger partial charge in [-0.3, -0.25) is 19.2 Å². The summed E-state index contributed by atoms with van der Waals surface area (Å²) in [5.41, 5.74) is -0.586. The van der Waals surface area contributed by atoms with Gasteiger partial charge in [0.05, 0.1) is 25.9 Å². The second-order valence-electron chi connectivity index (χ2n) is 11.9. The first kappa shape index (κ1) is 34.9. The Morgan fingerprint density at radius 3 is 2.60 bits per heavy atom. The molecule has 1 aliphatic heterocycles. The number of amides is 1. The Labute approximate surface area is 270 Å². The average molecular weight is 654 g/mol. The molecule has 0 saturated carbocycles. The van der Waals surface area contributed by atoms with Crippen molar-refractivity contribution in [3.05, 3.63) is 41.2 Å². The highest BCUT2D eigenvalue weighted by molar-refractivity contribution is 6.00. The van der Waals surface area contributed by atoms with Gasteiger partial charge in [-0.2, -0.15) is 14.4 Å². The molecule has 1 aromatic carbocycles. The van der Waals surface area contributed by atoms with Crippen molar-refractivity contribution in [3.8, 4) is 18.1 Å². The van der Waals surface area contributed by atoms with Crippen molar-refractivity contribution in [1.82, 2.24) is 19.5 Å². The number of ether oxygens (including phenoxy) is 4. The Kier molecular flexibility index (Phi) is 10.3. The summed E-state index contributed by atoms with van der Waals surface area (Å²) in [5.74, 6) is -0.102. The molecule has 0 spiro atoms. The molecule has 1 saturated heterocycles. The third-order valence-electron chi connectivity index (χ3n) is 7.82. The third-order valence-corrected chi connectivity index (χ3v) is 7.82. The predicted molar refractivity (Wildman–Crippen MR) is 163 cm³/mol. The number of nitrogens with zero attached hydrogens (tertiary/aromatic N) is 4. The number of terminal acetylenes is 1. The van der Waals surface area contributed by atoms with Crippen LogP contribution >= 0.6 is 0 Å². The Bertz CT molecular complexity index is 1760. The summed E-state index contributed by atoms with van der Waals surface area (Å²) >= 11 is 0. The van der Waals surface area contributed by atoms with Crippen molar-refractivity contribution >= 4 is 40.8 Å². The van der Waals surface area contributed by atoms with Gasteiger partial charge in [-0.25, -0.2) is 4.98 Å². The van der Waals surface area contributed by atoms with Gasteiger partial charge in [-0.15, -0.1) is 6.42 Å². The molecular weight excluding hydrogens is 617 g/mol. The number of anilines is 1. The molecular formula is C32H36FN5O9. The number of fused-ring (bicyclic) bond motifs is 1. The molecule has 1 amide bonds. The first-order chi connectivity index (χ1) is 22.1. The third kappa shape index (κ3) is 7.55. The van der Waals surface area contributed by atoms with Gasteiger partial charge in [0.15, 0.2) is 34.8 Å². The summed E-state index contributed by atoms with van der Waals surface area (Å²) in [6.07, 6.45) is 3.39. The van der Waals surface area contributed by atoms with Gasteiger partial charge in [-0.1, -0.05) is 25.8 Å². The van der Waals surface area contributed by atoms with E-state index in [-0.39, 0.29) is 42.8 Å². The van der Waals surface area contributed by atoms with E-state index in [0.29, 0.717) is 11.3 Å². The number of nitrogens with one attached hydrogen (secondary N) is 1. The van der Waals surface area contributed by atoms with Gasteiger partial charge in [0, 0.05) is 37.9 Å². The van der Waals surface area contributed by atoms with Gasteiger partial charge in [0.2, 0.25) is 0 Å². The largest absolute Gasteiger partial charge is 0.456 e. The van der Waals surface area contributed by atoms with Crippen LogP contribution in [0.1, 0.15) is 56.7 Å². The number of halogens is 1. The molecule has 1 unspecified atom stereocenters. The number of hydrogen-bond donors (Lipinski definition) is 2. The number of methoxy groups -OCH3 is 1. The van der Waals surface area contributed by atoms with Crippen LogP contribution < -0.4 is 10.1 Å². The quantitative estimate of drug-likeness (QED) is 0.126. The van der Waals surface area contributed by atoms with E-state index in [0.717, 1.165) is 11.1 Å². The summed E-state index contributed by atoms with van der Waals surface area (Å²) in [6.45, 7) is 7.49. The van der Waals surface area contributed by atoms with Crippen LogP contribution in [-0.2, 0) is 45.3 Å². The lowest BCUT2D eigenvalue weighted by molar-refractivity contribution is -0.169. The van der Waals surface area contributed by atoms with Crippen LogP contribution in [0.3, 0.4) is 0 Å². The second kappa shape index (κ2) is 13.8. The van der Waals surface area contributed by atoms with E-state index >= 15 is 0 Å². The van der Waals surface area contributed by atoms with E-state index < -0.39 is 59.7 Å². The summed E-state index contributed by atoms with van der Waals surface area (Å²) in [6, 6.07) is 3.61. The number of benzene rings is 1. The zero-order valence-corrected chi connectivity index (χ0v) is 26.9. The lowest BCUT2D eigenvalue weighted by Gasteiger charge is -2.35. The Morgan fingerprint density at radius 2 is 2.00 bits per heavy atom. The summed E-state index contributed by atoms with van der Waals surface area (Å²) in [4.78, 5) is 61.2. The van der Waals surface area contributed by atoms with Crippen molar-refractivity contribution < 1.29 is 47.6 Å². The average Bonchev–Trinajstić information content (AvgIpc) is 3.59. The highest BCUT2D eigenvalue weighted by atomic mass is 19.1. The summed E-state index contributed by atoms with van der Waals surface area (Å²) in [5, 5.41) is 12.7. The number of aromatic nitrogens is 4. The van der Waals surface area contributed by atoms with Crippen molar-refractivity contribution in [2.75, 3.05) is 19.0 Å². The molecule has 1 fully saturated rings. The molecule has 3 aromatic rings. The van der Waals surface area contributed by atoms with E-state index in [2.05, 4.69) is 26.2 Å². The molecule has 0 bridgehead atoms. The number of imidazole rings is 1. The van der Waals surface area contributed by atoms with Crippen LogP contribution in [0.2, 0.25) is 0 Å². The standard InChI is InChI=1S/C32H36FN5O9/c1-8-32(15-39,44-7)22(47-24(42)13-31(5,6)25-18(3)11-17(2)12-21(25)45-19(4)40)14-38-16-34-26-27(36-30(33)37-28(26)38)35-29(43)20-9-10-23(41)46-20/h1,11-12,16,20,22,39H,9-10,13-15H2,2-7H3,(H,35,36,37,43)/t20-,22+,32?/m1/s1. The van der Waals surface area contributed by atoms with Crippen molar-refractivity contribution in [2.45, 2.75) is 83.6 Å². The maximum Gasteiger partial charge on any atom is 0.312 e.